The minimum Gasteiger partial charge on any atom is -0.493 e. The maximum Gasteiger partial charge on any atom is 0.243 e. The molecule has 0 spiro atoms. The number of nitrogens with zero attached hydrogens (tertiary/aromatic N) is 2. The first-order valence-corrected chi connectivity index (χ1v) is 9.08. The summed E-state index contributed by atoms with van der Waals surface area (Å²) in [4.78, 5) is 2.83. The topological polar surface area (TPSA) is 49.9 Å². The molecule has 0 bridgehead atoms. The number of rotatable bonds is 2. The van der Waals surface area contributed by atoms with E-state index in [0.717, 1.165) is 37.2 Å². The third-order valence-electron chi connectivity index (χ3n) is 4.85. The van der Waals surface area contributed by atoms with Crippen LogP contribution in [0.15, 0.2) is 23.1 Å². The molecule has 114 valence electrons. The van der Waals surface area contributed by atoms with Gasteiger partial charge in [-0.05, 0) is 43.1 Å². The van der Waals surface area contributed by atoms with E-state index in [1.54, 1.807) is 22.5 Å². The summed E-state index contributed by atoms with van der Waals surface area (Å²) in [6.45, 7) is 3.87. The molecule has 0 radical (unpaired) electrons. The first kappa shape index (κ1) is 13.5. The van der Waals surface area contributed by atoms with E-state index < -0.39 is 10.0 Å². The summed E-state index contributed by atoms with van der Waals surface area (Å²) < 4.78 is 32.8. The van der Waals surface area contributed by atoms with E-state index in [-0.39, 0.29) is 0 Å². The molecule has 0 N–H and O–H groups in total. The quantitative estimate of drug-likeness (QED) is 0.821. The molecule has 0 amide bonds. The predicted molar refractivity (Wildman–Crippen MR) is 79.0 cm³/mol. The van der Waals surface area contributed by atoms with Gasteiger partial charge in [0.1, 0.15) is 5.75 Å². The fourth-order valence-electron chi connectivity index (χ4n) is 3.65. The van der Waals surface area contributed by atoms with Crippen molar-refractivity contribution in [3.8, 4) is 5.75 Å². The fourth-order valence-corrected chi connectivity index (χ4v) is 5.17. The molecule has 6 heteroatoms. The minimum atomic E-state index is -3.37. The Morgan fingerprint density at radius 3 is 3.00 bits per heavy atom. The van der Waals surface area contributed by atoms with Gasteiger partial charge in [0.15, 0.2) is 0 Å². The summed E-state index contributed by atoms with van der Waals surface area (Å²) in [6.07, 6.45) is 3.11. The smallest absolute Gasteiger partial charge is 0.243 e. The Kier molecular flexibility index (Phi) is 3.20. The molecule has 1 aromatic carbocycles. The Morgan fingerprint density at radius 2 is 2.10 bits per heavy atom. The van der Waals surface area contributed by atoms with Gasteiger partial charge in [-0.2, -0.15) is 4.31 Å². The SMILES string of the molecule is O=S(=O)(c1ccc2c(c1)CCO2)N1CCN2CCC[C@@H]2C1. The summed E-state index contributed by atoms with van der Waals surface area (Å²) in [7, 11) is -3.37. The highest BCUT2D eigenvalue weighted by atomic mass is 32.2. The number of ether oxygens (including phenoxy) is 1. The van der Waals surface area contributed by atoms with E-state index in [0.29, 0.717) is 30.6 Å². The molecule has 1 atom stereocenters. The van der Waals surface area contributed by atoms with Crippen LogP contribution in [-0.4, -0.2) is 56.5 Å². The van der Waals surface area contributed by atoms with E-state index in [1.807, 2.05) is 0 Å². The van der Waals surface area contributed by atoms with Gasteiger partial charge in [-0.25, -0.2) is 8.42 Å². The molecule has 2 saturated heterocycles. The van der Waals surface area contributed by atoms with Gasteiger partial charge in [-0.1, -0.05) is 0 Å². The highest BCUT2D eigenvalue weighted by Crippen LogP contribution is 2.30. The van der Waals surface area contributed by atoms with Crippen LogP contribution in [0.3, 0.4) is 0 Å². The van der Waals surface area contributed by atoms with E-state index in [2.05, 4.69) is 4.90 Å². The lowest BCUT2D eigenvalue weighted by atomic mass is 10.2. The molecule has 21 heavy (non-hydrogen) atoms. The zero-order valence-electron chi connectivity index (χ0n) is 12.0. The Bertz CT molecular complexity index is 659. The third kappa shape index (κ3) is 2.25. The molecule has 1 aromatic rings. The lowest BCUT2D eigenvalue weighted by molar-refractivity contribution is 0.158. The molecule has 0 aromatic heterocycles. The lowest BCUT2D eigenvalue weighted by Gasteiger charge is -2.36. The maximum absolute atomic E-state index is 12.8. The minimum absolute atomic E-state index is 0.409. The number of hydrogen-bond donors (Lipinski definition) is 0. The van der Waals surface area contributed by atoms with E-state index in [4.69, 9.17) is 4.74 Å². The normalized spacial score (nSPS) is 26.4. The van der Waals surface area contributed by atoms with Crippen molar-refractivity contribution in [2.45, 2.75) is 30.2 Å². The lowest BCUT2D eigenvalue weighted by Crippen LogP contribution is -2.51. The van der Waals surface area contributed by atoms with Crippen LogP contribution in [0.25, 0.3) is 0 Å². The summed E-state index contributed by atoms with van der Waals surface area (Å²) in [5.41, 5.74) is 1.01. The van der Waals surface area contributed by atoms with Gasteiger partial charge in [0, 0.05) is 32.1 Å². The van der Waals surface area contributed by atoms with Crippen LogP contribution in [0.4, 0.5) is 0 Å². The second kappa shape index (κ2) is 4.97. The van der Waals surface area contributed by atoms with Crippen molar-refractivity contribution < 1.29 is 13.2 Å². The largest absolute Gasteiger partial charge is 0.493 e. The van der Waals surface area contributed by atoms with E-state index in [9.17, 15) is 8.42 Å². The first-order valence-electron chi connectivity index (χ1n) is 7.64. The number of sulfonamides is 1. The molecule has 3 aliphatic rings. The second-order valence-corrected chi connectivity index (χ2v) is 8.00. The monoisotopic (exact) mass is 308 g/mol. The van der Waals surface area contributed by atoms with Crippen LogP contribution in [0.5, 0.6) is 5.75 Å². The van der Waals surface area contributed by atoms with Gasteiger partial charge in [0.05, 0.1) is 11.5 Å². The van der Waals surface area contributed by atoms with E-state index >= 15 is 0 Å². The van der Waals surface area contributed by atoms with Crippen LogP contribution in [0.1, 0.15) is 18.4 Å². The molecule has 3 aliphatic heterocycles. The summed E-state index contributed by atoms with van der Waals surface area (Å²) in [5, 5.41) is 0. The number of benzene rings is 1. The highest BCUT2D eigenvalue weighted by Gasteiger charge is 2.36. The van der Waals surface area contributed by atoms with Gasteiger partial charge in [-0.15, -0.1) is 0 Å². The molecule has 0 unspecified atom stereocenters. The molecule has 2 fully saturated rings. The average Bonchev–Trinajstić information content (AvgIpc) is 3.14. The van der Waals surface area contributed by atoms with E-state index in [1.165, 1.54) is 6.42 Å². The van der Waals surface area contributed by atoms with Crippen LogP contribution in [0.2, 0.25) is 0 Å². The number of fused-ring (bicyclic) bond motifs is 2. The van der Waals surface area contributed by atoms with Crippen LogP contribution in [-0.2, 0) is 16.4 Å². The maximum atomic E-state index is 12.8. The highest BCUT2D eigenvalue weighted by molar-refractivity contribution is 7.89. The van der Waals surface area contributed by atoms with Crippen molar-refractivity contribution in [3.05, 3.63) is 23.8 Å². The fraction of sp³-hybridized carbons (Fsp3) is 0.600. The Hall–Kier alpha value is -1.11. The Labute approximate surface area is 125 Å². The summed E-state index contributed by atoms with van der Waals surface area (Å²) in [5.74, 6) is 0.828. The molecular formula is C15H20N2O3S. The second-order valence-electron chi connectivity index (χ2n) is 6.06. The van der Waals surface area contributed by atoms with Crippen molar-refractivity contribution in [2.24, 2.45) is 0 Å². The molecular weight excluding hydrogens is 288 g/mol. The zero-order valence-corrected chi connectivity index (χ0v) is 12.8. The molecule has 0 saturated carbocycles. The average molecular weight is 308 g/mol. The van der Waals surface area contributed by atoms with Gasteiger partial charge in [-0.3, -0.25) is 4.90 Å². The predicted octanol–water partition coefficient (Wildman–Crippen LogP) is 1.09. The Balaban J connectivity index is 1.61. The Morgan fingerprint density at radius 1 is 1.19 bits per heavy atom. The molecule has 3 heterocycles. The summed E-state index contributed by atoms with van der Waals surface area (Å²) >= 11 is 0. The summed E-state index contributed by atoms with van der Waals surface area (Å²) in [6, 6.07) is 5.67. The van der Waals surface area contributed by atoms with Crippen LogP contribution in [0, 0.1) is 0 Å². The van der Waals surface area contributed by atoms with Crippen LogP contribution < -0.4 is 4.74 Å². The van der Waals surface area contributed by atoms with Gasteiger partial charge in [0.2, 0.25) is 10.0 Å². The molecule has 0 aliphatic carbocycles. The van der Waals surface area contributed by atoms with Crippen LogP contribution >= 0.6 is 0 Å². The van der Waals surface area contributed by atoms with Gasteiger partial charge in [0.25, 0.3) is 0 Å². The van der Waals surface area contributed by atoms with Crippen molar-refractivity contribution >= 4 is 10.0 Å². The molecule has 4 rings (SSSR count). The van der Waals surface area contributed by atoms with Crippen molar-refractivity contribution in [1.29, 1.82) is 0 Å². The standard InChI is InChI=1S/C15H20N2O3S/c18-21(19,14-3-4-15-12(10-14)5-9-20-15)17-8-7-16-6-1-2-13(16)11-17/h3-4,10,13H,1-2,5-9,11H2/t13-/m1/s1. The van der Waals surface area contributed by atoms with Gasteiger partial charge >= 0.3 is 0 Å². The number of piperazine rings is 1. The van der Waals surface area contributed by atoms with Crippen molar-refractivity contribution in [1.82, 2.24) is 9.21 Å². The molecule has 5 nitrogen and oxygen atoms in total. The third-order valence-corrected chi connectivity index (χ3v) is 6.71. The number of hydrogen-bond acceptors (Lipinski definition) is 4. The van der Waals surface area contributed by atoms with Crippen molar-refractivity contribution in [3.63, 3.8) is 0 Å². The zero-order chi connectivity index (χ0) is 14.4. The van der Waals surface area contributed by atoms with Crippen molar-refractivity contribution in [2.75, 3.05) is 32.8 Å². The first-order chi connectivity index (χ1) is 10.1. The van der Waals surface area contributed by atoms with Gasteiger partial charge < -0.3 is 4.74 Å².